The molecular weight excluding hydrogens is 402 g/mol. The molecule has 1 saturated carbocycles. The van der Waals surface area contributed by atoms with E-state index < -0.39 is 0 Å². The number of rotatable bonds is 6. The summed E-state index contributed by atoms with van der Waals surface area (Å²) in [6.45, 7) is 3.99. The average molecular weight is 428 g/mol. The molecular formula is C25H25N5O2. The van der Waals surface area contributed by atoms with E-state index in [1.165, 1.54) is 0 Å². The summed E-state index contributed by atoms with van der Waals surface area (Å²) in [5, 5.41) is 4.79. The van der Waals surface area contributed by atoms with Crippen LogP contribution in [0.1, 0.15) is 48.7 Å². The maximum Gasteiger partial charge on any atom is 0.228 e. The normalized spacial score (nSPS) is 13.6. The van der Waals surface area contributed by atoms with Crippen molar-refractivity contribution in [1.82, 2.24) is 19.5 Å². The molecule has 0 bridgehead atoms. The molecule has 1 aromatic carbocycles. The van der Waals surface area contributed by atoms with Crippen LogP contribution in [-0.2, 0) is 11.8 Å². The van der Waals surface area contributed by atoms with Crippen molar-refractivity contribution >= 4 is 39.3 Å². The fourth-order valence-corrected chi connectivity index (χ4v) is 4.15. The molecule has 0 saturated heterocycles. The van der Waals surface area contributed by atoms with E-state index in [0.717, 1.165) is 57.8 Å². The van der Waals surface area contributed by atoms with Crippen molar-refractivity contribution in [2.45, 2.75) is 39.5 Å². The number of carbonyl (C=O) groups is 2. The number of nitrogens with one attached hydrogen (secondary N) is 1. The third kappa shape index (κ3) is 3.53. The van der Waals surface area contributed by atoms with E-state index in [1.54, 1.807) is 18.7 Å². The average Bonchev–Trinajstić information content (AvgIpc) is 3.56. The van der Waals surface area contributed by atoms with E-state index in [2.05, 4.69) is 26.3 Å². The Morgan fingerprint density at radius 2 is 1.91 bits per heavy atom. The molecule has 4 aromatic rings. The monoisotopic (exact) mass is 427 g/mol. The first kappa shape index (κ1) is 20.3. The number of imidazole rings is 1. The van der Waals surface area contributed by atoms with Crippen LogP contribution in [0.15, 0.2) is 36.9 Å². The zero-order valence-corrected chi connectivity index (χ0v) is 18.5. The summed E-state index contributed by atoms with van der Waals surface area (Å²) >= 11 is 0. The molecule has 1 aliphatic rings. The number of nitrogens with zero attached hydrogens (tertiary/aromatic N) is 4. The first-order valence-corrected chi connectivity index (χ1v) is 11.0. The number of hydrogen-bond acceptors (Lipinski definition) is 5. The number of Topliss-reactive ketones (excluding diaryl/α,β-unsaturated/α-hetero) is 1. The molecule has 0 aliphatic heterocycles. The third-order valence-electron chi connectivity index (χ3n) is 6.05. The van der Waals surface area contributed by atoms with E-state index in [9.17, 15) is 9.59 Å². The van der Waals surface area contributed by atoms with Crippen LogP contribution < -0.4 is 5.32 Å². The van der Waals surface area contributed by atoms with Gasteiger partial charge in [0.15, 0.2) is 5.78 Å². The van der Waals surface area contributed by atoms with Crippen molar-refractivity contribution in [3.63, 3.8) is 0 Å². The van der Waals surface area contributed by atoms with Gasteiger partial charge in [0.05, 0.1) is 17.4 Å². The predicted molar refractivity (Wildman–Crippen MR) is 125 cm³/mol. The second-order valence-corrected chi connectivity index (χ2v) is 8.59. The fourth-order valence-electron chi connectivity index (χ4n) is 4.15. The summed E-state index contributed by atoms with van der Waals surface area (Å²) in [6.07, 6.45) is 8.54. The molecule has 1 N–H and O–H groups in total. The number of benzene rings is 1. The van der Waals surface area contributed by atoms with Gasteiger partial charge in [0.2, 0.25) is 5.91 Å². The van der Waals surface area contributed by atoms with Gasteiger partial charge >= 0.3 is 0 Å². The first-order valence-electron chi connectivity index (χ1n) is 11.0. The molecule has 32 heavy (non-hydrogen) atoms. The van der Waals surface area contributed by atoms with Gasteiger partial charge in [-0.3, -0.25) is 14.6 Å². The number of carbonyl (C=O) groups excluding carboxylic acids is 2. The van der Waals surface area contributed by atoms with Gasteiger partial charge in [-0.1, -0.05) is 6.92 Å². The Morgan fingerprint density at radius 1 is 1.09 bits per heavy atom. The van der Waals surface area contributed by atoms with Crippen molar-refractivity contribution in [3.05, 3.63) is 48.2 Å². The Kier molecular flexibility index (Phi) is 4.96. The van der Waals surface area contributed by atoms with Crippen LogP contribution in [0.2, 0.25) is 0 Å². The quantitative estimate of drug-likeness (QED) is 0.446. The second-order valence-electron chi connectivity index (χ2n) is 8.59. The number of ketones is 1. The third-order valence-corrected chi connectivity index (χ3v) is 6.05. The van der Waals surface area contributed by atoms with Crippen molar-refractivity contribution in [2.24, 2.45) is 13.0 Å². The highest BCUT2D eigenvalue weighted by atomic mass is 16.2. The van der Waals surface area contributed by atoms with Gasteiger partial charge in [-0.05, 0) is 49.9 Å². The second kappa shape index (κ2) is 7.82. The Balaban J connectivity index is 1.63. The molecule has 0 radical (unpaired) electrons. The van der Waals surface area contributed by atoms with Crippen LogP contribution in [-0.4, -0.2) is 31.2 Å². The highest BCUT2D eigenvalue weighted by molar-refractivity contribution is 6.12. The summed E-state index contributed by atoms with van der Waals surface area (Å²) in [4.78, 5) is 38.0. The Bertz CT molecular complexity index is 1380. The van der Waals surface area contributed by atoms with Crippen molar-refractivity contribution < 1.29 is 9.59 Å². The van der Waals surface area contributed by atoms with Crippen LogP contribution in [0.25, 0.3) is 32.9 Å². The van der Waals surface area contributed by atoms with Gasteiger partial charge in [-0.15, -0.1) is 0 Å². The number of aryl methyl sites for hydroxylation is 2. The zero-order valence-electron chi connectivity index (χ0n) is 18.5. The molecule has 0 atom stereocenters. The number of pyridine rings is 2. The van der Waals surface area contributed by atoms with Gasteiger partial charge < -0.3 is 9.88 Å². The van der Waals surface area contributed by atoms with Crippen molar-refractivity contribution in [2.75, 3.05) is 5.32 Å². The topological polar surface area (TPSA) is 89.8 Å². The predicted octanol–water partition coefficient (Wildman–Crippen LogP) is 4.82. The van der Waals surface area contributed by atoms with Gasteiger partial charge in [-0.25, -0.2) is 9.97 Å². The Hall–Kier alpha value is -3.61. The molecule has 1 amide bonds. The van der Waals surface area contributed by atoms with Crippen molar-refractivity contribution in [1.29, 1.82) is 0 Å². The minimum atomic E-state index is 0.0325. The lowest BCUT2D eigenvalue weighted by Crippen LogP contribution is -2.14. The van der Waals surface area contributed by atoms with Crippen LogP contribution in [0, 0.1) is 12.8 Å². The van der Waals surface area contributed by atoms with Crippen LogP contribution >= 0.6 is 0 Å². The number of hydrogen-bond donors (Lipinski definition) is 1. The molecule has 7 nitrogen and oxygen atoms in total. The highest BCUT2D eigenvalue weighted by Gasteiger charge is 2.30. The lowest BCUT2D eigenvalue weighted by Gasteiger charge is -2.13. The Labute approximate surface area is 185 Å². The summed E-state index contributed by atoms with van der Waals surface area (Å²) < 4.78 is 1.99. The SMILES string of the molecule is CCCC(=O)c1cc(C)c(-c2cc3cnc(NC(=O)C4CC4)cc3c3ncn(C)c23)cn1. The smallest absolute Gasteiger partial charge is 0.228 e. The van der Waals surface area contributed by atoms with E-state index >= 15 is 0 Å². The molecule has 162 valence electrons. The molecule has 3 heterocycles. The summed E-state index contributed by atoms with van der Waals surface area (Å²) in [5.74, 6) is 0.764. The van der Waals surface area contributed by atoms with Crippen molar-refractivity contribution in [3.8, 4) is 11.1 Å². The maximum atomic E-state index is 12.3. The van der Waals surface area contributed by atoms with E-state index in [4.69, 9.17) is 0 Å². The van der Waals surface area contributed by atoms with E-state index in [0.29, 0.717) is 17.9 Å². The molecule has 0 spiro atoms. The minimum absolute atomic E-state index is 0.0325. The van der Waals surface area contributed by atoms with E-state index in [1.807, 2.05) is 37.6 Å². The summed E-state index contributed by atoms with van der Waals surface area (Å²) in [7, 11) is 1.96. The highest BCUT2D eigenvalue weighted by Crippen LogP contribution is 2.36. The lowest BCUT2D eigenvalue weighted by atomic mass is 9.97. The summed E-state index contributed by atoms with van der Waals surface area (Å²) in [6, 6.07) is 5.84. The Morgan fingerprint density at radius 3 is 2.62 bits per heavy atom. The van der Waals surface area contributed by atoms with Crippen LogP contribution in [0.3, 0.4) is 0 Å². The van der Waals surface area contributed by atoms with Crippen LogP contribution in [0.5, 0.6) is 0 Å². The molecule has 3 aromatic heterocycles. The number of amides is 1. The minimum Gasteiger partial charge on any atom is -0.333 e. The number of fused-ring (bicyclic) bond motifs is 3. The molecule has 1 fully saturated rings. The van der Waals surface area contributed by atoms with Gasteiger partial charge in [0.1, 0.15) is 11.5 Å². The summed E-state index contributed by atoms with van der Waals surface area (Å²) in [5.41, 5.74) is 5.26. The number of aromatic nitrogens is 4. The molecule has 0 unspecified atom stereocenters. The molecule has 5 rings (SSSR count). The molecule has 1 aliphatic carbocycles. The van der Waals surface area contributed by atoms with E-state index in [-0.39, 0.29) is 17.6 Å². The van der Waals surface area contributed by atoms with Gasteiger partial charge in [0, 0.05) is 53.7 Å². The standard InChI is InChI=1S/C25H25N5O2/c1-4-5-21(31)20-8-14(2)19(12-26-20)18-9-16-11-27-22(29-25(32)15-6-7-15)10-17(16)23-24(18)30(3)13-28-23/h8-13,15H,4-7H2,1-3H3,(H,27,29,32). The van der Waals surface area contributed by atoms with Gasteiger partial charge in [-0.2, -0.15) is 0 Å². The zero-order chi connectivity index (χ0) is 22.4. The lowest BCUT2D eigenvalue weighted by molar-refractivity contribution is -0.117. The fraction of sp³-hybridized carbons (Fsp3) is 0.320. The van der Waals surface area contributed by atoms with Crippen LogP contribution in [0.4, 0.5) is 5.82 Å². The van der Waals surface area contributed by atoms with Gasteiger partial charge in [0.25, 0.3) is 0 Å². The molecule has 7 heteroatoms. The number of anilines is 1. The first-order chi connectivity index (χ1) is 15.5. The maximum absolute atomic E-state index is 12.3. The largest absolute Gasteiger partial charge is 0.333 e.